The number of hydrogen-bond acceptors (Lipinski definition) is 4. The predicted molar refractivity (Wildman–Crippen MR) is 59.8 cm³/mol. The first kappa shape index (κ1) is 10.4. The van der Waals surface area contributed by atoms with Crippen molar-refractivity contribution in [2.75, 3.05) is 29.5 Å². The van der Waals surface area contributed by atoms with E-state index >= 15 is 0 Å². The van der Waals surface area contributed by atoms with Gasteiger partial charge in [0.1, 0.15) is 0 Å². The van der Waals surface area contributed by atoms with Gasteiger partial charge in [-0.2, -0.15) is 0 Å². The maximum absolute atomic E-state index is 11.3. The molecule has 5 heteroatoms. The van der Waals surface area contributed by atoms with Gasteiger partial charge < -0.3 is 4.90 Å². The molecule has 1 aromatic rings. The maximum Gasteiger partial charge on any atom is 0.153 e. The van der Waals surface area contributed by atoms with Gasteiger partial charge in [0.25, 0.3) is 0 Å². The fraction of sp³-hybridized carbons (Fsp3) is 0.500. The number of hydrogen-bond donors (Lipinski definition) is 0. The van der Waals surface area contributed by atoms with E-state index in [2.05, 4.69) is 9.88 Å². The van der Waals surface area contributed by atoms with Crippen LogP contribution in [0, 0.1) is 6.92 Å². The SMILES string of the molecule is Cc1cc(N2CCS(=O)(=O)CC2)ccn1. The quantitative estimate of drug-likeness (QED) is 0.704. The lowest BCUT2D eigenvalue weighted by molar-refractivity contribution is 0.587. The van der Waals surface area contributed by atoms with E-state index in [1.54, 1.807) is 6.20 Å². The van der Waals surface area contributed by atoms with E-state index in [0.29, 0.717) is 13.1 Å². The van der Waals surface area contributed by atoms with Gasteiger partial charge >= 0.3 is 0 Å². The summed E-state index contributed by atoms with van der Waals surface area (Å²) in [6.07, 6.45) is 1.76. The molecule has 0 N–H and O–H groups in total. The van der Waals surface area contributed by atoms with E-state index in [9.17, 15) is 8.42 Å². The monoisotopic (exact) mass is 226 g/mol. The highest BCUT2D eigenvalue weighted by atomic mass is 32.2. The molecule has 0 radical (unpaired) electrons. The Bertz CT molecular complexity index is 442. The van der Waals surface area contributed by atoms with Crippen LogP contribution in [0.25, 0.3) is 0 Å². The molecule has 1 fully saturated rings. The zero-order valence-corrected chi connectivity index (χ0v) is 9.50. The summed E-state index contributed by atoms with van der Waals surface area (Å²) < 4.78 is 22.5. The molecule has 1 aliphatic rings. The summed E-state index contributed by atoms with van der Waals surface area (Å²) >= 11 is 0. The summed E-state index contributed by atoms with van der Waals surface area (Å²) in [6, 6.07) is 3.91. The highest BCUT2D eigenvalue weighted by Gasteiger charge is 2.21. The number of anilines is 1. The van der Waals surface area contributed by atoms with E-state index in [1.807, 2.05) is 19.1 Å². The summed E-state index contributed by atoms with van der Waals surface area (Å²) in [5, 5.41) is 0. The smallest absolute Gasteiger partial charge is 0.153 e. The predicted octanol–water partition coefficient (Wildman–Crippen LogP) is 0.625. The standard InChI is InChI=1S/C10H14N2O2S/c1-9-8-10(2-3-11-9)12-4-6-15(13,14)7-5-12/h2-3,8H,4-7H2,1H3. The Morgan fingerprint density at radius 1 is 1.33 bits per heavy atom. The van der Waals surface area contributed by atoms with Gasteiger partial charge in [0.15, 0.2) is 9.84 Å². The highest BCUT2D eigenvalue weighted by Crippen LogP contribution is 2.16. The third kappa shape index (κ3) is 2.47. The molecule has 0 bridgehead atoms. The van der Waals surface area contributed by atoms with Gasteiger partial charge in [0, 0.05) is 30.7 Å². The second-order valence-electron chi connectivity index (χ2n) is 3.79. The third-order valence-corrected chi connectivity index (χ3v) is 4.20. The van der Waals surface area contributed by atoms with Crippen molar-refractivity contribution in [1.29, 1.82) is 0 Å². The average Bonchev–Trinajstić information content (AvgIpc) is 2.17. The van der Waals surface area contributed by atoms with Crippen molar-refractivity contribution in [3.05, 3.63) is 24.0 Å². The topological polar surface area (TPSA) is 50.3 Å². The van der Waals surface area contributed by atoms with Gasteiger partial charge in [-0.15, -0.1) is 0 Å². The van der Waals surface area contributed by atoms with E-state index in [4.69, 9.17) is 0 Å². The van der Waals surface area contributed by atoms with Crippen LogP contribution in [-0.2, 0) is 9.84 Å². The summed E-state index contributed by atoms with van der Waals surface area (Å²) in [4.78, 5) is 6.21. The summed E-state index contributed by atoms with van der Waals surface area (Å²) in [5.74, 6) is 0.517. The van der Waals surface area contributed by atoms with Crippen molar-refractivity contribution in [2.45, 2.75) is 6.92 Å². The van der Waals surface area contributed by atoms with Crippen LogP contribution in [0.3, 0.4) is 0 Å². The van der Waals surface area contributed by atoms with Gasteiger partial charge in [-0.3, -0.25) is 4.98 Å². The van der Waals surface area contributed by atoms with Gasteiger partial charge in [-0.1, -0.05) is 0 Å². The van der Waals surface area contributed by atoms with Gasteiger partial charge in [-0.05, 0) is 19.1 Å². The Hall–Kier alpha value is -1.10. The van der Waals surface area contributed by atoms with E-state index in [1.165, 1.54) is 0 Å². The number of nitrogens with zero attached hydrogens (tertiary/aromatic N) is 2. The van der Waals surface area contributed by atoms with Crippen LogP contribution < -0.4 is 4.90 Å². The first-order valence-corrected chi connectivity index (χ1v) is 6.77. The average molecular weight is 226 g/mol. The van der Waals surface area contributed by atoms with Crippen molar-refractivity contribution < 1.29 is 8.42 Å². The zero-order valence-electron chi connectivity index (χ0n) is 8.68. The minimum absolute atomic E-state index is 0.258. The summed E-state index contributed by atoms with van der Waals surface area (Å²) in [6.45, 7) is 3.11. The third-order valence-electron chi connectivity index (χ3n) is 2.59. The van der Waals surface area contributed by atoms with Crippen LogP contribution >= 0.6 is 0 Å². The van der Waals surface area contributed by atoms with Crippen molar-refractivity contribution in [3.8, 4) is 0 Å². The lowest BCUT2D eigenvalue weighted by Crippen LogP contribution is -2.40. The lowest BCUT2D eigenvalue weighted by Gasteiger charge is -2.28. The molecule has 0 atom stereocenters. The van der Waals surface area contributed by atoms with Crippen LogP contribution in [0.4, 0.5) is 5.69 Å². The normalized spacial score (nSPS) is 20.2. The van der Waals surface area contributed by atoms with Crippen LogP contribution in [0.2, 0.25) is 0 Å². The number of rotatable bonds is 1. The van der Waals surface area contributed by atoms with E-state index in [0.717, 1.165) is 11.4 Å². The molecule has 0 aromatic carbocycles. The molecule has 2 rings (SSSR count). The van der Waals surface area contributed by atoms with Crippen LogP contribution in [0.15, 0.2) is 18.3 Å². The van der Waals surface area contributed by atoms with Gasteiger partial charge in [0.05, 0.1) is 11.5 Å². The molecule has 1 aliphatic heterocycles. The molecule has 0 spiro atoms. The minimum atomic E-state index is -2.79. The largest absolute Gasteiger partial charge is 0.369 e. The number of aromatic nitrogens is 1. The fourth-order valence-electron chi connectivity index (χ4n) is 1.70. The van der Waals surface area contributed by atoms with Crippen molar-refractivity contribution >= 4 is 15.5 Å². The molecule has 0 aliphatic carbocycles. The molecule has 15 heavy (non-hydrogen) atoms. The van der Waals surface area contributed by atoms with Crippen LogP contribution in [0.5, 0.6) is 0 Å². The zero-order chi connectivity index (χ0) is 10.9. The Kier molecular flexibility index (Phi) is 2.65. The summed E-state index contributed by atoms with van der Waals surface area (Å²) in [5.41, 5.74) is 2.03. The summed E-state index contributed by atoms with van der Waals surface area (Å²) in [7, 11) is -2.79. The molecular weight excluding hydrogens is 212 g/mol. The molecule has 82 valence electrons. The second kappa shape index (κ2) is 3.81. The Labute approximate surface area is 89.9 Å². The van der Waals surface area contributed by atoms with Gasteiger partial charge in [-0.25, -0.2) is 8.42 Å². The van der Waals surface area contributed by atoms with Crippen LogP contribution in [-0.4, -0.2) is 38.0 Å². The maximum atomic E-state index is 11.3. The Morgan fingerprint density at radius 3 is 2.60 bits per heavy atom. The van der Waals surface area contributed by atoms with Crippen LogP contribution in [0.1, 0.15) is 5.69 Å². The molecular formula is C10H14N2O2S. The minimum Gasteiger partial charge on any atom is -0.369 e. The number of aryl methyl sites for hydroxylation is 1. The molecule has 1 aromatic heterocycles. The fourth-order valence-corrected chi connectivity index (χ4v) is 2.90. The van der Waals surface area contributed by atoms with Crippen molar-refractivity contribution in [3.63, 3.8) is 0 Å². The highest BCUT2D eigenvalue weighted by molar-refractivity contribution is 7.91. The molecule has 0 amide bonds. The first-order chi connectivity index (χ1) is 7.07. The number of pyridine rings is 1. The molecule has 0 saturated carbocycles. The van der Waals surface area contributed by atoms with E-state index < -0.39 is 9.84 Å². The Morgan fingerprint density at radius 2 is 2.00 bits per heavy atom. The molecule has 4 nitrogen and oxygen atoms in total. The molecule has 0 unspecified atom stereocenters. The Balaban J connectivity index is 2.14. The van der Waals surface area contributed by atoms with Crippen molar-refractivity contribution in [2.24, 2.45) is 0 Å². The second-order valence-corrected chi connectivity index (χ2v) is 6.10. The van der Waals surface area contributed by atoms with Crippen molar-refractivity contribution in [1.82, 2.24) is 4.98 Å². The molecule has 2 heterocycles. The van der Waals surface area contributed by atoms with Gasteiger partial charge in [0.2, 0.25) is 0 Å². The molecule has 1 saturated heterocycles. The number of sulfone groups is 1. The first-order valence-electron chi connectivity index (χ1n) is 4.95. The van der Waals surface area contributed by atoms with E-state index in [-0.39, 0.29) is 11.5 Å². The lowest BCUT2D eigenvalue weighted by atomic mass is 10.3.